The van der Waals surface area contributed by atoms with Crippen LogP contribution in [0.3, 0.4) is 0 Å². The van der Waals surface area contributed by atoms with E-state index in [9.17, 15) is 5.11 Å². The maximum Gasteiger partial charge on any atom is 0.119 e. The van der Waals surface area contributed by atoms with Crippen LogP contribution in [0.2, 0.25) is 0 Å². The molecule has 3 nitrogen and oxygen atoms in total. The predicted octanol–water partition coefficient (Wildman–Crippen LogP) is 2.37. The first-order valence-corrected chi connectivity index (χ1v) is 4.65. The van der Waals surface area contributed by atoms with Crippen molar-refractivity contribution in [3.63, 3.8) is 0 Å². The van der Waals surface area contributed by atoms with Crippen LogP contribution in [0.25, 0.3) is 0 Å². The van der Waals surface area contributed by atoms with Gasteiger partial charge in [-0.25, -0.2) is 0 Å². The van der Waals surface area contributed by atoms with E-state index in [0.29, 0.717) is 0 Å². The maximum absolute atomic E-state index is 9.99. The third-order valence-corrected chi connectivity index (χ3v) is 2.27. The van der Waals surface area contributed by atoms with Crippen LogP contribution in [0, 0.1) is 0 Å². The third kappa shape index (κ3) is 2.02. The lowest BCUT2D eigenvalue weighted by atomic mass is 10.0. The fraction of sp³-hybridized carbons (Fsp3) is 0.167. The number of benzene rings is 1. The van der Waals surface area contributed by atoms with Gasteiger partial charge in [-0.1, -0.05) is 12.1 Å². The van der Waals surface area contributed by atoms with Crippen molar-refractivity contribution in [2.75, 3.05) is 7.11 Å². The van der Waals surface area contributed by atoms with Crippen molar-refractivity contribution in [3.8, 4) is 5.75 Å². The van der Waals surface area contributed by atoms with Gasteiger partial charge < -0.3 is 14.3 Å². The van der Waals surface area contributed by atoms with Gasteiger partial charge in [0.2, 0.25) is 0 Å². The molecular weight excluding hydrogens is 192 g/mol. The highest BCUT2D eigenvalue weighted by atomic mass is 16.5. The van der Waals surface area contributed by atoms with Crippen molar-refractivity contribution < 1.29 is 14.3 Å². The Morgan fingerprint density at radius 2 is 2.13 bits per heavy atom. The first-order chi connectivity index (χ1) is 7.31. The lowest BCUT2D eigenvalue weighted by Crippen LogP contribution is -1.98. The molecule has 0 unspecified atom stereocenters. The summed E-state index contributed by atoms with van der Waals surface area (Å²) in [4.78, 5) is 0. The van der Waals surface area contributed by atoms with Crippen molar-refractivity contribution in [2.45, 2.75) is 6.10 Å². The predicted molar refractivity (Wildman–Crippen MR) is 55.8 cm³/mol. The van der Waals surface area contributed by atoms with E-state index in [4.69, 9.17) is 9.15 Å². The van der Waals surface area contributed by atoms with E-state index < -0.39 is 6.10 Å². The van der Waals surface area contributed by atoms with Gasteiger partial charge in [0.05, 0.1) is 19.6 Å². The van der Waals surface area contributed by atoms with Crippen molar-refractivity contribution in [3.05, 3.63) is 54.0 Å². The summed E-state index contributed by atoms with van der Waals surface area (Å²) in [6, 6.07) is 9.07. The molecule has 0 bridgehead atoms. The van der Waals surface area contributed by atoms with E-state index in [1.165, 1.54) is 6.26 Å². The van der Waals surface area contributed by atoms with Crippen molar-refractivity contribution in [2.24, 2.45) is 0 Å². The fourth-order valence-corrected chi connectivity index (χ4v) is 1.43. The highest BCUT2D eigenvalue weighted by molar-refractivity contribution is 5.34. The first-order valence-electron chi connectivity index (χ1n) is 4.65. The fourth-order valence-electron chi connectivity index (χ4n) is 1.43. The molecule has 78 valence electrons. The second kappa shape index (κ2) is 4.19. The molecule has 0 saturated heterocycles. The molecule has 0 aliphatic rings. The molecule has 0 spiro atoms. The average Bonchev–Trinajstić information content (AvgIpc) is 2.81. The van der Waals surface area contributed by atoms with E-state index in [-0.39, 0.29) is 0 Å². The summed E-state index contributed by atoms with van der Waals surface area (Å²) in [5.41, 5.74) is 1.53. The van der Waals surface area contributed by atoms with Gasteiger partial charge in [-0.15, -0.1) is 0 Å². The van der Waals surface area contributed by atoms with E-state index >= 15 is 0 Å². The molecule has 3 heteroatoms. The molecule has 0 amide bonds. The Morgan fingerprint density at radius 3 is 2.80 bits per heavy atom. The van der Waals surface area contributed by atoms with E-state index in [1.807, 2.05) is 18.2 Å². The van der Waals surface area contributed by atoms with Gasteiger partial charge in [-0.2, -0.15) is 0 Å². The van der Waals surface area contributed by atoms with Gasteiger partial charge in [0.15, 0.2) is 0 Å². The third-order valence-electron chi connectivity index (χ3n) is 2.27. The Kier molecular flexibility index (Phi) is 2.74. The minimum Gasteiger partial charge on any atom is -0.497 e. The Balaban J connectivity index is 2.29. The van der Waals surface area contributed by atoms with Crippen LogP contribution in [0.1, 0.15) is 17.2 Å². The molecule has 0 radical (unpaired) electrons. The number of aliphatic hydroxyl groups excluding tert-OH is 1. The van der Waals surface area contributed by atoms with E-state index in [0.717, 1.165) is 16.9 Å². The van der Waals surface area contributed by atoms with E-state index in [1.54, 1.807) is 25.5 Å². The Hall–Kier alpha value is -1.74. The molecule has 1 aromatic carbocycles. The molecule has 1 aromatic heterocycles. The van der Waals surface area contributed by atoms with Crippen LogP contribution in [-0.2, 0) is 0 Å². The molecule has 0 aliphatic heterocycles. The SMILES string of the molecule is COc1cccc([C@H](O)c2ccoc2)c1. The van der Waals surface area contributed by atoms with Crippen LogP contribution >= 0.6 is 0 Å². The summed E-state index contributed by atoms with van der Waals surface area (Å²) in [5, 5.41) is 9.99. The Labute approximate surface area is 87.9 Å². The van der Waals surface area contributed by atoms with Crippen LogP contribution in [0.4, 0.5) is 0 Å². The van der Waals surface area contributed by atoms with Gasteiger partial charge in [0.25, 0.3) is 0 Å². The minimum absolute atomic E-state index is 0.668. The van der Waals surface area contributed by atoms with Crippen molar-refractivity contribution >= 4 is 0 Å². The van der Waals surface area contributed by atoms with Gasteiger partial charge >= 0.3 is 0 Å². The number of hydrogen-bond acceptors (Lipinski definition) is 3. The molecule has 2 aromatic rings. The second-order valence-corrected chi connectivity index (χ2v) is 3.24. The highest BCUT2D eigenvalue weighted by Crippen LogP contribution is 2.24. The summed E-state index contributed by atoms with van der Waals surface area (Å²) >= 11 is 0. The summed E-state index contributed by atoms with van der Waals surface area (Å²) in [7, 11) is 1.60. The van der Waals surface area contributed by atoms with Crippen LogP contribution in [-0.4, -0.2) is 12.2 Å². The number of methoxy groups -OCH3 is 1. The first kappa shape index (κ1) is 9.80. The number of hydrogen-bond donors (Lipinski definition) is 1. The quantitative estimate of drug-likeness (QED) is 0.834. The Bertz CT molecular complexity index is 420. The normalized spacial score (nSPS) is 12.4. The number of aliphatic hydroxyl groups is 1. The van der Waals surface area contributed by atoms with E-state index in [2.05, 4.69) is 0 Å². The zero-order valence-corrected chi connectivity index (χ0v) is 8.38. The molecule has 15 heavy (non-hydrogen) atoms. The van der Waals surface area contributed by atoms with Gasteiger partial charge in [-0.05, 0) is 23.8 Å². The minimum atomic E-state index is -0.668. The van der Waals surface area contributed by atoms with Crippen molar-refractivity contribution in [1.82, 2.24) is 0 Å². The topological polar surface area (TPSA) is 42.6 Å². The summed E-state index contributed by atoms with van der Waals surface area (Å²) in [6.07, 6.45) is 2.40. The summed E-state index contributed by atoms with van der Waals surface area (Å²) in [6.45, 7) is 0. The lowest BCUT2D eigenvalue weighted by Gasteiger charge is -2.09. The molecule has 0 fully saturated rings. The summed E-state index contributed by atoms with van der Waals surface area (Å²) < 4.78 is 10.0. The Morgan fingerprint density at radius 1 is 1.27 bits per heavy atom. The van der Waals surface area contributed by atoms with Crippen LogP contribution in [0.15, 0.2) is 47.3 Å². The zero-order chi connectivity index (χ0) is 10.7. The van der Waals surface area contributed by atoms with Gasteiger partial charge in [-0.3, -0.25) is 0 Å². The smallest absolute Gasteiger partial charge is 0.119 e. The monoisotopic (exact) mass is 204 g/mol. The lowest BCUT2D eigenvalue weighted by molar-refractivity contribution is 0.218. The molecular formula is C12H12O3. The maximum atomic E-state index is 9.99. The molecule has 2 rings (SSSR count). The number of furan rings is 1. The average molecular weight is 204 g/mol. The number of rotatable bonds is 3. The molecule has 1 atom stereocenters. The number of ether oxygens (including phenoxy) is 1. The van der Waals surface area contributed by atoms with Crippen LogP contribution in [0.5, 0.6) is 5.75 Å². The van der Waals surface area contributed by atoms with Crippen molar-refractivity contribution in [1.29, 1.82) is 0 Å². The van der Waals surface area contributed by atoms with Crippen LogP contribution < -0.4 is 4.74 Å². The molecule has 1 N–H and O–H groups in total. The standard InChI is InChI=1S/C12H12O3/c1-14-11-4-2-3-9(7-11)12(13)10-5-6-15-8-10/h2-8,12-13H,1H3/t12-/m0/s1. The largest absolute Gasteiger partial charge is 0.497 e. The summed E-state index contributed by atoms with van der Waals surface area (Å²) in [5.74, 6) is 0.732. The molecule has 0 saturated carbocycles. The van der Waals surface area contributed by atoms with Gasteiger partial charge in [0.1, 0.15) is 11.9 Å². The molecule has 0 aliphatic carbocycles. The zero-order valence-electron chi connectivity index (χ0n) is 8.38. The second-order valence-electron chi connectivity index (χ2n) is 3.24. The highest BCUT2D eigenvalue weighted by Gasteiger charge is 2.11. The van der Waals surface area contributed by atoms with Gasteiger partial charge in [0, 0.05) is 5.56 Å². The molecule has 1 heterocycles.